The number of nitrogens with zero attached hydrogens (tertiary/aromatic N) is 1. The van der Waals surface area contributed by atoms with E-state index in [2.05, 4.69) is 0 Å². The number of hydrogen-bond donors (Lipinski definition) is 0. The smallest absolute Gasteiger partial charge is 0.290 e. The summed E-state index contributed by atoms with van der Waals surface area (Å²) in [6, 6.07) is 6.91. The number of likely N-dealkylation sites (tertiary alicyclic amines) is 1. The van der Waals surface area contributed by atoms with Crippen LogP contribution in [-0.4, -0.2) is 32.0 Å². The normalized spacial score (nSPS) is 18.7. The Morgan fingerprint density at radius 1 is 1.12 bits per heavy atom. The van der Waals surface area contributed by atoms with Crippen molar-refractivity contribution in [2.45, 2.75) is 50.8 Å². The molecule has 0 radical (unpaired) electrons. The van der Waals surface area contributed by atoms with E-state index in [4.69, 9.17) is 8.83 Å². The second-order valence-corrected chi connectivity index (χ2v) is 9.00. The monoisotopic (exact) mass is 379 g/mol. The SMILES string of the molecule is CCc1ccc(C2CCCCCN2C(=O)c2ccc(CS(C)(=O)=O)o2)o1. The summed E-state index contributed by atoms with van der Waals surface area (Å²) >= 11 is 0. The van der Waals surface area contributed by atoms with Crippen molar-refractivity contribution in [2.75, 3.05) is 12.8 Å². The number of amides is 1. The second kappa shape index (κ2) is 7.70. The molecule has 7 heteroatoms. The van der Waals surface area contributed by atoms with Gasteiger partial charge >= 0.3 is 0 Å². The maximum Gasteiger partial charge on any atom is 0.290 e. The van der Waals surface area contributed by atoms with Crippen molar-refractivity contribution >= 4 is 15.7 Å². The Labute approximate surface area is 154 Å². The van der Waals surface area contributed by atoms with Gasteiger partial charge in [0.25, 0.3) is 5.91 Å². The summed E-state index contributed by atoms with van der Waals surface area (Å²) in [6.07, 6.45) is 5.84. The van der Waals surface area contributed by atoms with Gasteiger partial charge in [-0.2, -0.15) is 0 Å². The molecule has 1 unspecified atom stereocenters. The topological polar surface area (TPSA) is 80.7 Å². The standard InChI is InChI=1S/C19H25NO5S/c1-3-14-8-10-17(24-14)16-7-5-4-6-12-20(16)19(21)18-11-9-15(25-18)13-26(2,22)23/h8-11,16H,3-7,12-13H2,1-2H3. The molecule has 0 aliphatic carbocycles. The first-order valence-corrected chi connectivity index (χ1v) is 11.1. The molecule has 0 spiro atoms. The fraction of sp³-hybridized carbons (Fsp3) is 0.526. The summed E-state index contributed by atoms with van der Waals surface area (Å²) in [7, 11) is -3.21. The van der Waals surface area contributed by atoms with Crippen molar-refractivity contribution in [3.05, 3.63) is 47.3 Å². The van der Waals surface area contributed by atoms with Gasteiger partial charge in [-0.15, -0.1) is 0 Å². The molecule has 6 nitrogen and oxygen atoms in total. The minimum absolute atomic E-state index is 0.117. The molecule has 1 aliphatic heterocycles. The van der Waals surface area contributed by atoms with Crippen LogP contribution in [0.15, 0.2) is 33.1 Å². The molecule has 0 N–H and O–H groups in total. The van der Waals surface area contributed by atoms with E-state index in [9.17, 15) is 13.2 Å². The van der Waals surface area contributed by atoms with Crippen LogP contribution in [0, 0.1) is 0 Å². The maximum absolute atomic E-state index is 13.0. The van der Waals surface area contributed by atoms with Gasteiger partial charge in [-0.05, 0) is 37.1 Å². The number of rotatable bonds is 5. The van der Waals surface area contributed by atoms with Crippen molar-refractivity contribution in [1.29, 1.82) is 0 Å². The molecular weight excluding hydrogens is 354 g/mol. The predicted octanol–water partition coefficient (Wildman–Crippen LogP) is 3.74. The fourth-order valence-corrected chi connectivity index (χ4v) is 4.05. The summed E-state index contributed by atoms with van der Waals surface area (Å²) in [5.74, 6) is 1.75. The van der Waals surface area contributed by atoms with Gasteiger partial charge in [-0.1, -0.05) is 19.8 Å². The molecule has 26 heavy (non-hydrogen) atoms. The first-order chi connectivity index (χ1) is 12.4. The van der Waals surface area contributed by atoms with Gasteiger partial charge < -0.3 is 13.7 Å². The number of carbonyl (C=O) groups is 1. The molecule has 2 aromatic rings. The summed E-state index contributed by atoms with van der Waals surface area (Å²) < 4.78 is 34.3. The second-order valence-electron chi connectivity index (χ2n) is 6.86. The Balaban J connectivity index is 1.84. The van der Waals surface area contributed by atoms with Crippen molar-refractivity contribution in [3.8, 4) is 0 Å². The molecule has 142 valence electrons. The lowest BCUT2D eigenvalue weighted by Gasteiger charge is -2.27. The van der Waals surface area contributed by atoms with Crippen molar-refractivity contribution < 1.29 is 22.0 Å². The highest BCUT2D eigenvalue weighted by Crippen LogP contribution is 2.33. The van der Waals surface area contributed by atoms with Gasteiger partial charge in [0.2, 0.25) is 0 Å². The third kappa shape index (κ3) is 4.38. The number of carbonyl (C=O) groups excluding carboxylic acids is 1. The van der Waals surface area contributed by atoms with Gasteiger partial charge in [0.1, 0.15) is 23.0 Å². The molecule has 1 atom stereocenters. The number of furan rings is 2. The Morgan fingerprint density at radius 3 is 2.58 bits per heavy atom. The van der Waals surface area contributed by atoms with Crippen LogP contribution in [-0.2, 0) is 22.0 Å². The molecule has 0 bridgehead atoms. The van der Waals surface area contributed by atoms with E-state index >= 15 is 0 Å². The molecule has 1 fully saturated rings. The molecule has 0 aromatic carbocycles. The van der Waals surface area contributed by atoms with Gasteiger partial charge in [-0.3, -0.25) is 4.79 Å². The van der Waals surface area contributed by atoms with Crippen LogP contribution < -0.4 is 0 Å². The maximum atomic E-state index is 13.0. The van der Waals surface area contributed by atoms with Crippen molar-refractivity contribution in [1.82, 2.24) is 4.90 Å². The lowest BCUT2D eigenvalue weighted by Crippen LogP contribution is -2.34. The molecule has 0 saturated carbocycles. The zero-order valence-corrected chi connectivity index (χ0v) is 16.0. The zero-order chi connectivity index (χ0) is 18.7. The molecule has 1 aliphatic rings. The summed E-state index contributed by atoms with van der Waals surface area (Å²) in [5, 5.41) is 0. The van der Waals surface area contributed by atoms with E-state index in [-0.39, 0.29) is 29.2 Å². The van der Waals surface area contributed by atoms with Gasteiger partial charge in [-0.25, -0.2) is 8.42 Å². The summed E-state index contributed by atoms with van der Waals surface area (Å²) in [5.41, 5.74) is 0. The predicted molar refractivity (Wildman–Crippen MR) is 97.6 cm³/mol. The molecule has 3 heterocycles. The van der Waals surface area contributed by atoms with E-state index < -0.39 is 9.84 Å². The van der Waals surface area contributed by atoms with Gasteiger partial charge in [0.15, 0.2) is 15.6 Å². The minimum atomic E-state index is -3.21. The number of sulfone groups is 1. The van der Waals surface area contributed by atoms with Crippen LogP contribution in [0.25, 0.3) is 0 Å². The highest BCUT2D eigenvalue weighted by molar-refractivity contribution is 7.89. The Hall–Kier alpha value is -2.02. The summed E-state index contributed by atoms with van der Waals surface area (Å²) in [6.45, 7) is 2.67. The lowest BCUT2D eigenvalue weighted by atomic mass is 10.1. The third-order valence-corrected chi connectivity index (χ3v) is 5.46. The van der Waals surface area contributed by atoms with Gasteiger partial charge in [0, 0.05) is 19.2 Å². The van der Waals surface area contributed by atoms with E-state index in [1.807, 2.05) is 19.1 Å². The fourth-order valence-electron chi connectivity index (χ4n) is 3.38. The Morgan fingerprint density at radius 2 is 1.88 bits per heavy atom. The summed E-state index contributed by atoms with van der Waals surface area (Å²) in [4.78, 5) is 14.8. The van der Waals surface area contributed by atoms with Crippen LogP contribution in [0.1, 0.15) is 66.5 Å². The van der Waals surface area contributed by atoms with E-state index in [0.717, 1.165) is 49.9 Å². The molecule has 1 amide bonds. The minimum Gasteiger partial charge on any atom is -0.464 e. The average Bonchev–Trinajstić information content (AvgIpc) is 3.16. The van der Waals surface area contributed by atoms with Crippen LogP contribution in [0.3, 0.4) is 0 Å². The first kappa shape index (κ1) is 18.8. The lowest BCUT2D eigenvalue weighted by molar-refractivity contribution is 0.0623. The Bertz CT molecular complexity index is 864. The molecular formula is C19H25NO5S. The number of aryl methyl sites for hydroxylation is 1. The third-order valence-electron chi connectivity index (χ3n) is 4.65. The van der Waals surface area contributed by atoms with Crippen molar-refractivity contribution in [2.24, 2.45) is 0 Å². The largest absolute Gasteiger partial charge is 0.464 e. The molecule has 3 rings (SSSR count). The van der Waals surface area contributed by atoms with Crippen LogP contribution in [0.5, 0.6) is 0 Å². The first-order valence-electron chi connectivity index (χ1n) is 9.03. The zero-order valence-electron chi connectivity index (χ0n) is 15.2. The Kier molecular flexibility index (Phi) is 5.55. The average molecular weight is 379 g/mol. The quantitative estimate of drug-likeness (QED) is 0.790. The van der Waals surface area contributed by atoms with E-state index in [1.165, 1.54) is 0 Å². The van der Waals surface area contributed by atoms with Crippen LogP contribution >= 0.6 is 0 Å². The van der Waals surface area contributed by atoms with Crippen molar-refractivity contribution in [3.63, 3.8) is 0 Å². The van der Waals surface area contributed by atoms with Crippen LogP contribution in [0.4, 0.5) is 0 Å². The van der Waals surface area contributed by atoms with Gasteiger partial charge in [0.05, 0.1) is 6.04 Å². The number of hydrogen-bond acceptors (Lipinski definition) is 5. The molecule has 2 aromatic heterocycles. The van der Waals surface area contributed by atoms with E-state index in [1.54, 1.807) is 17.0 Å². The van der Waals surface area contributed by atoms with Crippen LogP contribution in [0.2, 0.25) is 0 Å². The highest BCUT2D eigenvalue weighted by Gasteiger charge is 2.31. The highest BCUT2D eigenvalue weighted by atomic mass is 32.2. The molecule has 1 saturated heterocycles. The van der Waals surface area contributed by atoms with E-state index in [0.29, 0.717) is 6.54 Å².